The van der Waals surface area contributed by atoms with Gasteiger partial charge >= 0.3 is 12.0 Å². The Bertz CT molecular complexity index is 831. The van der Waals surface area contributed by atoms with Gasteiger partial charge in [-0.1, -0.05) is 29.8 Å². The Morgan fingerprint density at radius 1 is 1.26 bits per heavy atom. The van der Waals surface area contributed by atoms with Crippen LogP contribution in [-0.4, -0.2) is 41.0 Å². The van der Waals surface area contributed by atoms with Crippen molar-refractivity contribution in [2.24, 2.45) is 5.73 Å². The number of benzene rings is 1. The number of halogens is 1. The summed E-state index contributed by atoms with van der Waals surface area (Å²) in [7, 11) is 3.49. The van der Waals surface area contributed by atoms with Crippen molar-refractivity contribution in [2.45, 2.75) is 19.1 Å². The second kappa shape index (κ2) is 8.99. The molecule has 0 aliphatic rings. The summed E-state index contributed by atoms with van der Waals surface area (Å²) in [6.07, 6.45) is -0.173. The van der Waals surface area contributed by atoms with E-state index in [0.717, 1.165) is 0 Å². The van der Waals surface area contributed by atoms with Crippen LogP contribution in [0.2, 0.25) is 5.02 Å². The number of hydrogen-bond donors (Lipinski definition) is 3. The van der Waals surface area contributed by atoms with Gasteiger partial charge in [0, 0.05) is 19.1 Å². The van der Waals surface area contributed by atoms with Crippen LogP contribution in [0.3, 0.4) is 0 Å². The number of amides is 2. The average Bonchev–Trinajstić information content (AvgIpc) is 2.59. The van der Waals surface area contributed by atoms with Gasteiger partial charge in [0.1, 0.15) is 0 Å². The fourth-order valence-electron chi connectivity index (χ4n) is 2.23. The number of carbonyl (C=O) groups is 2. The number of urea groups is 1. The number of carbonyl (C=O) groups excluding carboxylic acids is 2. The number of aromatic nitrogens is 3. The number of hydrogen-bond acceptors (Lipinski definition) is 8. The van der Waals surface area contributed by atoms with Gasteiger partial charge < -0.3 is 26.4 Å². The lowest BCUT2D eigenvalue weighted by molar-refractivity contribution is -0.145. The number of nitrogens with two attached hydrogens (primary N) is 2. The van der Waals surface area contributed by atoms with E-state index in [1.807, 2.05) is 0 Å². The third-order valence-corrected chi connectivity index (χ3v) is 3.76. The first-order valence-corrected chi connectivity index (χ1v) is 8.28. The van der Waals surface area contributed by atoms with Gasteiger partial charge in [-0.05, 0) is 11.6 Å². The van der Waals surface area contributed by atoms with E-state index >= 15 is 0 Å². The van der Waals surface area contributed by atoms with Crippen LogP contribution >= 0.6 is 11.6 Å². The standard InChI is InChI=1S/C16H20ClN7O3/c1-24(2)16-22-12(21-14(18)23-16)8-27-13(25)7-11(20-15(19)26)9-5-3-4-6-10(9)17/h3-6,11H,7-8H2,1-2H3,(H3,19,20,26)(H2,18,21,22,23). The van der Waals surface area contributed by atoms with Crippen molar-refractivity contribution in [3.63, 3.8) is 0 Å². The van der Waals surface area contributed by atoms with Gasteiger partial charge in [-0.25, -0.2) is 4.79 Å². The minimum atomic E-state index is -0.784. The summed E-state index contributed by atoms with van der Waals surface area (Å²) >= 11 is 6.13. The van der Waals surface area contributed by atoms with E-state index in [-0.39, 0.29) is 24.8 Å². The molecule has 2 rings (SSSR count). The number of nitrogens with zero attached hydrogens (tertiary/aromatic N) is 4. The molecule has 0 bridgehead atoms. The number of esters is 1. The molecule has 0 aliphatic heterocycles. The van der Waals surface area contributed by atoms with Crippen molar-refractivity contribution >= 4 is 35.5 Å². The first-order chi connectivity index (χ1) is 12.8. The number of nitrogen functional groups attached to an aromatic ring is 1. The molecule has 0 radical (unpaired) electrons. The van der Waals surface area contributed by atoms with E-state index in [4.69, 9.17) is 27.8 Å². The molecule has 1 unspecified atom stereocenters. The second-order valence-electron chi connectivity index (χ2n) is 5.75. The maximum atomic E-state index is 12.2. The first kappa shape index (κ1) is 20.2. The largest absolute Gasteiger partial charge is 0.457 e. The highest BCUT2D eigenvalue weighted by molar-refractivity contribution is 6.31. The van der Waals surface area contributed by atoms with Gasteiger partial charge in [0.25, 0.3) is 0 Å². The van der Waals surface area contributed by atoms with E-state index in [1.54, 1.807) is 43.3 Å². The maximum absolute atomic E-state index is 12.2. The zero-order chi connectivity index (χ0) is 20.0. The predicted octanol–water partition coefficient (Wildman–Crippen LogP) is 1.02. The summed E-state index contributed by atoms with van der Waals surface area (Å²) in [4.78, 5) is 37.2. The van der Waals surface area contributed by atoms with Crippen molar-refractivity contribution in [2.75, 3.05) is 24.7 Å². The van der Waals surface area contributed by atoms with E-state index in [2.05, 4.69) is 20.3 Å². The molecule has 0 saturated carbocycles. The van der Waals surface area contributed by atoms with Gasteiger partial charge in [-0.3, -0.25) is 4.79 Å². The van der Waals surface area contributed by atoms with E-state index in [0.29, 0.717) is 16.5 Å². The lowest BCUT2D eigenvalue weighted by Crippen LogP contribution is -2.34. The van der Waals surface area contributed by atoms with Gasteiger partial charge in [-0.2, -0.15) is 15.0 Å². The second-order valence-corrected chi connectivity index (χ2v) is 6.16. The molecule has 2 amide bonds. The van der Waals surface area contributed by atoms with Crippen LogP contribution in [0.25, 0.3) is 0 Å². The Balaban J connectivity index is 2.06. The smallest absolute Gasteiger partial charge is 0.312 e. The molecule has 0 fully saturated rings. The lowest BCUT2D eigenvalue weighted by atomic mass is 10.0. The molecule has 0 spiro atoms. The Kier molecular flexibility index (Phi) is 6.72. The van der Waals surface area contributed by atoms with Gasteiger partial charge in [0.2, 0.25) is 11.9 Å². The van der Waals surface area contributed by atoms with E-state index < -0.39 is 18.0 Å². The van der Waals surface area contributed by atoms with Crippen molar-refractivity contribution in [1.82, 2.24) is 20.3 Å². The molecule has 1 aromatic carbocycles. The van der Waals surface area contributed by atoms with Crippen molar-refractivity contribution in [1.29, 1.82) is 0 Å². The monoisotopic (exact) mass is 393 g/mol. The minimum Gasteiger partial charge on any atom is -0.457 e. The zero-order valence-electron chi connectivity index (χ0n) is 14.8. The molecule has 10 nitrogen and oxygen atoms in total. The highest BCUT2D eigenvalue weighted by atomic mass is 35.5. The normalized spacial score (nSPS) is 11.5. The third-order valence-electron chi connectivity index (χ3n) is 3.42. The lowest BCUT2D eigenvalue weighted by Gasteiger charge is -2.18. The summed E-state index contributed by atoms with van der Waals surface area (Å²) < 4.78 is 5.19. The highest BCUT2D eigenvalue weighted by Gasteiger charge is 2.21. The van der Waals surface area contributed by atoms with Crippen LogP contribution in [-0.2, 0) is 16.1 Å². The Morgan fingerprint density at radius 3 is 2.59 bits per heavy atom. The molecular formula is C16H20ClN7O3. The highest BCUT2D eigenvalue weighted by Crippen LogP contribution is 2.25. The van der Waals surface area contributed by atoms with Gasteiger partial charge in [-0.15, -0.1) is 0 Å². The van der Waals surface area contributed by atoms with Crippen LogP contribution in [0.5, 0.6) is 0 Å². The fraction of sp³-hybridized carbons (Fsp3) is 0.312. The van der Waals surface area contributed by atoms with Crippen molar-refractivity contribution < 1.29 is 14.3 Å². The van der Waals surface area contributed by atoms with Crippen LogP contribution in [0.4, 0.5) is 16.7 Å². The van der Waals surface area contributed by atoms with Crippen LogP contribution < -0.4 is 21.7 Å². The summed E-state index contributed by atoms with van der Waals surface area (Å²) in [5.41, 5.74) is 11.4. The van der Waals surface area contributed by atoms with Crippen LogP contribution in [0.1, 0.15) is 23.9 Å². The molecule has 11 heteroatoms. The molecule has 2 aromatic rings. The van der Waals surface area contributed by atoms with Gasteiger partial charge in [0.15, 0.2) is 12.4 Å². The SMILES string of the molecule is CN(C)c1nc(N)nc(COC(=O)CC(NC(N)=O)c2ccccc2Cl)n1. The Labute approximate surface area is 160 Å². The number of rotatable bonds is 7. The predicted molar refractivity (Wildman–Crippen MR) is 99.9 cm³/mol. The Morgan fingerprint density at radius 2 is 1.96 bits per heavy atom. The molecule has 1 aromatic heterocycles. The number of ether oxygens (including phenoxy) is 1. The van der Waals surface area contributed by atoms with Crippen molar-refractivity contribution in [3.05, 3.63) is 40.7 Å². The Hall–Kier alpha value is -3.14. The van der Waals surface area contributed by atoms with Crippen molar-refractivity contribution in [3.8, 4) is 0 Å². The number of anilines is 2. The fourth-order valence-corrected chi connectivity index (χ4v) is 2.50. The molecule has 1 atom stereocenters. The molecule has 27 heavy (non-hydrogen) atoms. The molecule has 5 N–H and O–H groups in total. The minimum absolute atomic E-state index is 0.0177. The van der Waals surface area contributed by atoms with Crippen LogP contribution in [0, 0.1) is 0 Å². The molecule has 144 valence electrons. The summed E-state index contributed by atoms with van der Waals surface area (Å²) in [5.74, 6) is -0.0299. The topological polar surface area (TPSA) is 149 Å². The first-order valence-electron chi connectivity index (χ1n) is 7.90. The van der Waals surface area contributed by atoms with Gasteiger partial charge in [0.05, 0.1) is 12.5 Å². The summed E-state index contributed by atoms with van der Waals surface area (Å²) in [5, 5.41) is 2.88. The molecule has 0 aliphatic carbocycles. The zero-order valence-corrected chi connectivity index (χ0v) is 15.6. The molecule has 1 heterocycles. The van der Waals surface area contributed by atoms with Crippen LogP contribution in [0.15, 0.2) is 24.3 Å². The number of primary amides is 1. The summed E-state index contributed by atoms with van der Waals surface area (Å²) in [6.45, 7) is -0.196. The third kappa shape index (κ3) is 5.96. The van der Waals surface area contributed by atoms with E-state index in [9.17, 15) is 9.59 Å². The molecule has 0 saturated heterocycles. The average molecular weight is 394 g/mol. The quantitative estimate of drug-likeness (QED) is 0.590. The van der Waals surface area contributed by atoms with E-state index in [1.165, 1.54) is 0 Å². The molecular weight excluding hydrogens is 374 g/mol. The maximum Gasteiger partial charge on any atom is 0.312 e. The number of nitrogens with one attached hydrogen (secondary N) is 1. The summed E-state index contributed by atoms with van der Waals surface area (Å²) in [6, 6.07) is 5.29.